The van der Waals surface area contributed by atoms with Crippen LogP contribution in [0.2, 0.25) is 0 Å². The smallest absolute Gasteiger partial charge is 0.279 e. The number of nitrogens with zero attached hydrogens (tertiary/aromatic N) is 3. The Hall–Kier alpha value is -2.55. The fraction of sp³-hybridized carbons (Fsp3) is 0.304. The Labute approximate surface area is 187 Å². The monoisotopic (exact) mass is 457 g/mol. The van der Waals surface area contributed by atoms with Gasteiger partial charge in [0.2, 0.25) is 10.0 Å². The predicted molar refractivity (Wildman–Crippen MR) is 126 cm³/mol. The van der Waals surface area contributed by atoms with Crippen LogP contribution in [0, 0.1) is 13.8 Å². The predicted octanol–water partition coefficient (Wildman–Crippen LogP) is 4.28. The van der Waals surface area contributed by atoms with Crippen molar-refractivity contribution >= 4 is 37.5 Å². The number of thiazole rings is 1. The standard InChI is InChI=1S/C23H27N3O3S2/c1-7-12-26-20-14-16(4)13-17(5)21(20)30-23(26)24-22(27)18-8-10-19(11-9-18)31(28,29)25(6)15(2)3/h7-11,13-15H,1,12H2,2-6H3. The molecule has 164 valence electrons. The van der Waals surface area contributed by atoms with Crippen molar-refractivity contribution in [2.45, 2.75) is 45.2 Å². The number of fused-ring (bicyclic) bond motifs is 1. The summed E-state index contributed by atoms with van der Waals surface area (Å²) in [7, 11) is -2.06. The molecule has 0 radical (unpaired) electrons. The van der Waals surface area contributed by atoms with Crippen LogP contribution in [-0.2, 0) is 16.6 Å². The molecule has 0 saturated heterocycles. The Bertz CT molecular complexity index is 1310. The largest absolute Gasteiger partial charge is 0.312 e. The minimum atomic E-state index is -3.60. The van der Waals surface area contributed by atoms with E-state index in [1.807, 2.05) is 18.4 Å². The molecule has 6 nitrogen and oxygen atoms in total. The van der Waals surface area contributed by atoms with E-state index in [4.69, 9.17) is 0 Å². The van der Waals surface area contributed by atoms with Crippen LogP contribution < -0.4 is 4.80 Å². The number of amides is 1. The number of benzene rings is 2. The Balaban J connectivity index is 2.03. The first-order chi connectivity index (χ1) is 14.6. The van der Waals surface area contributed by atoms with Gasteiger partial charge in [-0.2, -0.15) is 9.30 Å². The Morgan fingerprint density at radius 2 is 1.87 bits per heavy atom. The summed E-state index contributed by atoms with van der Waals surface area (Å²) in [6.45, 7) is 12.1. The summed E-state index contributed by atoms with van der Waals surface area (Å²) in [6.07, 6.45) is 1.78. The second-order valence-corrected chi connectivity index (χ2v) is 10.7. The zero-order chi connectivity index (χ0) is 22.9. The number of aryl methyl sites for hydroxylation is 2. The van der Waals surface area contributed by atoms with Crippen LogP contribution in [0.15, 0.2) is 58.9 Å². The molecule has 0 aliphatic heterocycles. The summed E-state index contributed by atoms with van der Waals surface area (Å²) in [6, 6.07) is 9.94. The molecular weight excluding hydrogens is 430 g/mol. The SMILES string of the molecule is C=CCn1c(=NC(=O)c2ccc(S(=O)(=O)N(C)C(C)C)cc2)sc2c(C)cc(C)cc21. The first-order valence-corrected chi connectivity index (χ1v) is 12.2. The van der Waals surface area contributed by atoms with Crippen molar-refractivity contribution in [1.29, 1.82) is 0 Å². The number of carbonyl (C=O) groups excluding carboxylic acids is 1. The highest BCUT2D eigenvalue weighted by Gasteiger charge is 2.23. The summed E-state index contributed by atoms with van der Waals surface area (Å²) in [5, 5.41) is 0. The Morgan fingerprint density at radius 3 is 2.45 bits per heavy atom. The molecule has 0 bridgehead atoms. The second-order valence-electron chi connectivity index (χ2n) is 7.77. The van der Waals surface area contributed by atoms with Crippen LogP contribution in [0.3, 0.4) is 0 Å². The van der Waals surface area contributed by atoms with E-state index in [0.717, 1.165) is 21.3 Å². The molecule has 0 spiro atoms. The lowest BCUT2D eigenvalue weighted by Gasteiger charge is -2.20. The van der Waals surface area contributed by atoms with Crippen molar-refractivity contribution < 1.29 is 13.2 Å². The van der Waals surface area contributed by atoms with Crippen molar-refractivity contribution in [3.05, 3.63) is 70.5 Å². The molecule has 0 fully saturated rings. The molecule has 1 heterocycles. The number of hydrogen-bond donors (Lipinski definition) is 0. The molecule has 1 aromatic heterocycles. The summed E-state index contributed by atoms with van der Waals surface area (Å²) >= 11 is 1.46. The van der Waals surface area contributed by atoms with Crippen molar-refractivity contribution in [1.82, 2.24) is 8.87 Å². The molecule has 0 aliphatic rings. The third-order valence-electron chi connectivity index (χ3n) is 5.13. The van der Waals surface area contributed by atoms with E-state index in [-0.39, 0.29) is 10.9 Å². The van der Waals surface area contributed by atoms with Crippen molar-refractivity contribution in [2.24, 2.45) is 4.99 Å². The van der Waals surface area contributed by atoms with Crippen LogP contribution in [0.4, 0.5) is 0 Å². The lowest BCUT2D eigenvalue weighted by atomic mass is 10.1. The first kappa shape index (κ1) is 23.1. The molecule has 2 aromatic carbocycles. The summed E-state index contributed by atoms with van der Waals surface area (Å²) in [4.78, 5) is 17.9. The highest BCUT2D eigenvalue weighted by Crippen LogP contribution is 2.24. The van der Waals surface area contributed by atoms with Gasteiger partial charge >= 0.3 is 0 Å². The highest BCUT2D eigenvalue weighted by atomic mass is 32.2. The molecule has 31 heavy (non-hydrogen) atoms. The van der Waals surface area contributed by atoms with Gasteiger partial charge in [0.15, 0.2) is 4.80 Å². The minimum Gasteiger partial charge on any atom is -0.312 e. The third-order valence-corrected chi connectivity index (χ3v) is 8.41. The highest BCUT2D eigenvalue weighted by molar-refractivity contribution is 7.89. The number of allylic oxidation sites excluding steroid dienone is 1. The van der Waals surface area contributed by atoms with Gasteiger partial charge in [-0.05, 0) is 69.2 Å². The van der Waals surface area contributed by atoms with Crippen LogP contribution >= 0.6 is 11.3 Å². The van der Waals surface area contributed by atoms with Gasteiger partial charge in [-0.3, -0.25) is 4.79 Å². The molecule has 0 aliphatic carbocycles. The molecule has 1 amide bonds. The van der Waals surface area contributed by atoms with Crippen molar-refractivity contribution in [3.8, 4) is 0 Å². The fourth-order valence-electron chi connectivity index (χ4n) is 3.27. The molecule has 0 atom stereocenters. The molecule has 0 saturated carbocycles. The normalized spacial score (nSPS) is 12.8. The van der Waals surface area contributed by atoms with Gasteiger partial charge in [-0.15, -0.1) is 6.58 Å². The van der Waals surface area contributed by atoms with Gasteiger partial charge < -0.3 is 4.57 Å². The molecule has 0 N–H and O–H groups in total. The zero-order valence-corrected chi connectivity index (χ0v) is 20.0. The third kappa shape index (κ3) is 4.56. The quantitative estimate of drug-likeness (QED) is 0.519. The van der Waals surface area contributed by atoms with E-state index in [9.17, 15) is 13.2 Å². The van der Waals surface area contributed by atoms with Gasteiger partial charge in [-0.1, -0.05) is 23.5 Å². The molecule has 3 aromatic rings. The number of hydrogen-bond acceptors (Lipinski definition) is 4. The second kappa shape index (κ2) is 8.90. The van der Waals surface area contributed by atoms with Crippen molar-refractivity contribution in [3.63, 3.8) is 0 Å². The van der Waals surface area contributed by atoms with Gasteiger partial charge in [0.05, 0.1) is 15.1 Å². The maximum absolute atomic E-state index is 12.8. The van der Waals surface area contributed by atoms with E-state index >= 15 is 0 Å². The molecular formula is C23H27N3O3S2. The van der Waals surface area contributed by atoms with E-state index in [1.54, 1.807) is 19.9 Å². The van der Waals surface area contributed by atoms with Gasteiger partial charge in [0, 0.05) is 25.2 Å². The van der Waals surface area contributed by atoms with E-state index in [1.165, 1.54) is 47.0 Å². The number of rotatable bonds is 6. The molecule has 3 rings (SSSR count). The summed E-state index contributed by atoms with van der Waals surface area (Å²) in [5.74, 6) is -0.417. The van der Waals surface area contributed by atoms with Gasteiger partial charge in [0.1, 0.15) is 0 Å². The number of sulfonamides is 1. The number of aromatic nitrogens is 1. The van der Waals surface area contributed by atoms with Gasteiger partial charge in [0.25, 0.3) is 5.91 Å². The van der Waals surface area contributed by atoms with Crippen LogP contribution in [0.25, 0.3) is 10.2 Å². The van der Waals surface area contributed by atoms with Crippen LogP contribution in [0.5, 0.6) is 0 Å². The lowest BCUT2D eigenvalue weighted by Crippen LogP contribution is -2.33. The number of carbonyl (C=O) groups is 1. The van der Waals surface area contributed by atoms with Crippen molar-refractivity contribution in [2.75, 3.05) is 7.05 Å². The molecule has 0 unspecified atom stereocenters. The Kier molecular flexibility index (Phi) is 6.64. The van der Waals surface area contributed by atoms with E-state index in [2.05, 4.69) is 23.7 Å². The summed E-state index contributed by atoms with van der Waals surface area (Å²) < 4.78 is 29.6. The average Bonchev–Trinajstić information content (AvgIpc) is 3.05. The maximum atomic E-state index is 12.8. The topological polar surface area (TPSA) is 71.7 Å². The molecule has 8 heteroatoms. The van der Waals surface area contributed by atoms with Crippen LogP contribution in [-0.4, -0.2) is 36.3 Å². The first-order valence-electron chi connectivity index (χ1n) is 9.95. The average molecular weight is 458 g/mol. The van der Waals surface area contributed by atoms with E-state index < -0.39 is 15.9 Å². The zero-order valence-electron chi connectivity index (χ0n) is 18.4. The van der Waals surface area contributed by atoms with Gasteiger partial charge in [-0.25, -0.2) is 8.42 Å². The van der Waals surface area contributed by atoms with E-state index in [0.29, 0.717) is 16.9 Å². The lowest BCUT2D eigenvalue weighted by molar-refractivity contribution is 0.0997. The summed E-state index contributed by atoms with van der Waals surface area (Å²) in [5.41, 5.74) is 3.63. The minimum absolute atomic E-state index is 0.148. The maximum Gasteiger partial charge on any atom is 0.279 e. The Morgan fingerprint density at radius 1 is 1.23 bits per heavy atom. The van der Waals surface area contributed by atoms with Crippen LogP contribution in [0.1, 0.15) is 35.3 Å². The fourth-order valence-corrected chi connectivity index (χ4v) is 5.72.